The van der Waals surface area contributed by atoms with Crippen molar-refractivity contribution in [2.45, 2.75) is 81.8 Å². The van der Waals surface area contributed by atoms with Crippen molar-refractivity contribution in [3.05, 3.63) is 65.3 Å². The van der Waals surface area contributed by atoms with Crippen molar-refractivity contribution in [3.63, 3.8) is 0 Å². The van der Waals surface area contributed by atoms with E-state index in [2.05, 4.69) is 67.1 Å². The number of aromatic nitrogens is 3. The highest BCUT2D eigenvalue weighted by Crippen LogP contribution is 2.53. The first-order valence-corrected chi connectivity index (χ1v) is 13.6. The van der Waals surface area contributed by atoms with Gasteiger partial charge in [-0.15, -0.1) is 0 Å². The van der Waals surface area contributed by atoms with Gasteiger partial charge in [0.05, 0.1) is 11.0 Å². The SMILES string of the molecule is CC(C)c1ccc(C(O)(c2cncc(-c3noc(C45CCC(O)(CC4)CC5)n3)c2)C2(C)CN(C)C2)cc1. The van der Waals surface area contributed by atoms with Crippen molar-refractivity contribution in [2.24, 2.45) is 5.41 Å². The highest BCUT2D eigenvalue weighted by molar-refractivity contribution is 5.56. The fourth-order valence-corrected chi connectivity index (χ4v) is 7.15. The van der Waals surface area contributed by atoms with Gasteiger partial charge in [-0.25, -0.2) is 0 Å². The zero-order valence-electron chi connectivity index (χ0n) is 22.4. The molecule has 4 fully saturated rings. The van der Waals surface area contributed by atoms with Crippen LogP contribution in [0.4, 0.5) is 0 Å². The smallest absolute Gasteiger partial charge is 0.233 e. The van der Waals surface area contributed by atoms with Crippen molar-refractivity contribution in [1.82, 2.24) is 20.0 Å². The summed E-state index contributed by atoms with van der Waals surface area (Å²) in [5.41, 5.74) is 1.36. The summed E-state index contributed by atoms with van der Waals surface area (Å²) in [5.74, 6) is 1.59. The van der Waals surface area contributed by atoms with E-state index >= 15 is 0 Å². The molecule has 4 aliphatic rings. The number of pyridine rings is 1. The molecule has 0 amide bonds. The molecular weight excluding hydrogens is 464 g/mol. The molecular formula is C30H38N4O3. The first-order valence-electron chi connectivity index (χ1n) is 13.6. The summed E-state index contributed by atoms with van der Waals surface area (Å²) in [5, 5.41) is 27.5. The van der Waals surface area contributed by atoms with E-state index in [1.165, 1.54) is 5.56 Å². The molecule has 1 unspecified atom stereocenters. The first-order chi connectivity index (χ1) is 17.6. The molecule has 1 aliphatic heterocycles. The maximum Gasteiger partial charge on any atom is 0.233 e. The van der Waals surface area contributed by atoms with Gasteiger partial charge in [-0.05, 0) is 68.7 Å². The van der Waals surface area contributed by atoms with E-state index < -0.39 is 11.2 Å². The molecule has 7 heteroatoms. The van der Waals surface area contributed by atoms with Crippen LogP contribution in [0.1, 0.15) is 87.8 Å². The molecule has 3 heterocycles. The molecule has 3 saturated carbocycles. The van der Waals surface area contributed by atoms with Crippen LogP contribution in [-0.4, -0.2) is 56.0 Å². The molecule has 2 aromatic heterocycles. The van der Waals surface area contributed by atoms with Crippen LogP contribution in [-0.2, 0) is 11.0 Å². The van der Waals surface area contributed by atoms with Crippen molar-refractivity contribution in [2.75, 3.05) is 20.1 Å². The van der Waals surface area contributed by atoms with Crippen molar-refractivity contribution in [3.8, 4) is 11.4 Å². The Bertz CT molecular complexity index is 1270. The first kappa shape index (κ1) is 24.7. The maximum absolute atomic E-state index is 12.5. The molecule has 3 aliphatic carbocycles. The van der Waals surface area contributed by atoms with E-state index in [1.807, 2.05) is 6.07 Å². The lowest BCUT2D eigenvalue weighted by molar-refractivity contribution is -0.127. The zero-order chi connectivity index (χ0) is 26.1. The van der Waals surface area contributed by atoms with Gasteiger partial charge in [0, 0.05) is 42.0 Å². The van der Waals surface area contributed by atoms with Gasteiger partial charge in [-0.1, -0.05) is 50.2 Å². The number of rotatable bonds is 6. The van der Waals surface area contributed by atoms with Crippen molar-refractivity contribution in [1.29, 1.82) is 0 Å². The average Bonchev–Trinajstić information content (AvgIpc) is 3.39. The topological polar surface area (TPSA) is 95.5 Å². The Morgan fingerprint density at radius 1 is 0.973 bits per heavy atom. The van der Waals surface area contributed by atoms with Crippen LogP contribution in [0.25, 0.3) is 11.4 Å². The fraction of sp³-hybridized carbons (Fsp3) is 0.567. The summed E-state index contributed by atoms with van der Waals surface area (Å²) in [7, 11) is 2.08. The Morgan fingerprint density at radius 3 is 2.22 bits per heavy atom. The van der Waals surface area contributed by atoms with Crippen molar-refractivity contribution < 1.29 is 14.7 Å². The minimum atomic E-state index is -1.22. The molecule has 2 bridgehead atoms. The number of benzene rings is 1. The van der Waals surface area contributed by atoms with Crippen LogP contribution in [0.5, 0.6) is 0 Å². The molecule has 196 valence electrons. The lowest BCUT2D eigenvalue weighted by Gasteiger charge is -2.55. The summed E-state index contributed by atoms with van der Waals surface area (Å²) in [6, 6.07) is 10.3. The van der Waals surface area contributed by atoms with Gasteiger partial charge >= 0.3 is 0 Å². The molecule has 1 atom stereocenters. The van der Waals surface area contributed by atoms with Crippen LogP contribution in [0.2, 0.25) is 0 Å². The monoisotopic (exact) mass is 502 g/mol. The highest BCUT2D eigenvalue weighted by atomic mass is 16.5. The van der Waals surface area contributed by atoms with Gasteiger partial charge in [0.15, 0.2) is 0 Å². The quantitative estimate of drug-likeness (QED) is 0.501. The summed E-state index contributed by atoms with van der Waals surface area (Å²) in [4.78, 5) is 11.6. The van der Waals surface area contributed by atoms with Gasteiger partial charge < -0.3 is 19.6 Å². The van der Waals surface area contributed by atoms with Gasteiger partial charge in [0.1, 0.15) is 5.60 Å². The third-order valence-corrected chi connectivity index (χ3v) is 9.61. The third kappa shape index (κ3) is 3.85. The number of fused-ring (bicyclic) bond motifs is 3. The van der Waals surface area contributed by atoms with E-state index in [4.69, 9.17) is 9.51 Å². The summed E-state index contributed by atoms with van der Waals surface area (Å²) in [6.45, 7) is 8.06. The van der Waals surface area contributed by atoms with E-state index in [1.54, 1.807) is 12.4 Å². The van der Waals surface area contributed by atoms with E-state index in [9.17, 15) is 10.2 Å². The number of hydrogen-bond acceptors (Lipinski definition) is 7. The predicted octanol–water partition coefficient (Wildman–Crippen LogP) is 4.78. The van der Waals surface area contributed by atoms with Crippen LogP contribution in [0.3, 0.4) is 0 Å². The Kier molecular flexibility index (Phi) is 5.64. The second-order valence-corrected chi connectivity index (χ2v) is 12.6. The number of aliphatic hydroxyl groups is 2. The van der Waals surface area contributed by atoms with Crippen LogP contribution in [0.15, 0.2) is 47.2 Å². The lowest BCUT2D eigenvalue weighted by Crippen LogP contribution is -2.63. The van der Waals surface area contributed by atoms with E-state index in [0.29, 0.717) is 17.6 Å². The molecule has 0 spiro atoms. The normalized spacial score (nSPS) is 28.7. The molecule has 0 radical (unpaired) electrons. The fourth-order valence-electron chi connectivity index (χ4n) is 7.15. The third-order valence-electron chi connectivity index (χ3n) is 9.61. The van der Waals surface area contributed by atoms with Gasteiger partial charge in [-0.2, -0.15) is 4.98 Å². The molecule has 2 N–H and O–H groups in total. The van der Waals surface area contributed by atoms with E-state index in [-0.39, 0.29) is 10.8 Å². The number of likely N-dealkylation sites (tertiary alicyclic amines) is 1. The highest BCUT2D eigenvalue weighted by Gasteiger charge is 2.55. The molecule has 1 aromatic carbocycles. The predicted molar refractivity (Wildman–Crippen MR) is 141 cm³/mol. The lowest BCUT2D eigenvalue weighted by atomic mass is 9.58. The second-order valence-electron chi connectivity index (χ2n) is 12.6. The summed E-state index contributed by atoms with van der Waals surface area (Å²) >= 11 is 0. The zero-order valence-corrected chi connectivity index (χ0v) is 22.4. The largest absolute Gasteiger partial charge is 0.390 e. The summed E-state index contributed by atoms with van der Waals surface area (Å²) in [6.07, 6.45) is 8.51. The van der Waals surface area contributed by atoms with Crippen LogP contribution in [0, 0.1) is 5.41 Å². The van der Waals surface area contributed by atoms with Gasteiger partial charge in [0.2, 0.25) is 11.7 Å². The molecule has 7 nitrogen and oxygen atoms in total. The average molecular weight is 503 g/mol. The van der Waals surface area contributed by atoms with Crippen LogP contribution < -0.4 is 0 Å². The summed E-state index contributed by atoms with van der Waals surface area (Å²) < 4.78 is 5.83. The Balaban J connectivity index is 1.37. The Labute approximate surface area is 218 Å². The second kappa shape index (κ2) is 8.45. The minimum Gasteiger partial charge on any atom is -0.390 e. The molecule has 1 saturated heterocycles. The molecule has 37 heavy (non-hydrogen) atoms. The molecule has 3 aromatic rings. The van der Waals surface area contributed by atoms with Crippen LogP contribution >= 0.6 is 0 Å². The number of hydrogen-bond donors (Lipinski definition) is 2. The maximum atomic E-state index is 12.5. The minimum absolute atomic E-state index is 0.135. The van der Waals surface area contributed by atoms with Crippen molar-refractivity contribution >= 4 is 0 Å². The molecule has 7 rings (SSSR count). The Hall–Kier alpha value is -2.61. The van der Waals surface area contributed by atoms with Gasteiger partial charge in [0.25, 0.3) is 0 Å². The Morgan fingerprint density at radius 2 is 1.62 bits per heavy atom. The standard InChI is InChI=1S/C30H38N4O3/c1-20(2)21-5-7-23(8-6-21)30(36,27(3)18-34(4)19-27)24-15-22(16-31-17-24)25-32-26(37-33-25)28-9-12-29(35,13-10-28)14-11-28/h5-8,15-17,20,35-36H,9-14,18-19H2,1-4H3. The van der Waals surface area contributed by atoms with Gasteiger partial charge in [-0.3, -0.25) is 4.98 Å². The van der Waals surface area contributed by atoms with E-state index in [0.717, 1.165) is 68.3 Å². The number of nitrogens with zero attached hydrogens (tertiary/aromatic N) is 4.